The Kier molecular flexibility index (Phi) is 5.85. The summed E-state index contributed by atoms with van der Waals surface area (Å²) in [6.07, 6.45) is 1.57. The van der Waals surface area contributed by atoms with E-state index in [1.807, 2.05) is 0 Å². The lowest BCUT2D eigenvalue weighted by Crippen LogP contribution is -2.15. The molecule has 0 fully saturated rings. The maximum absolute atomic E-state index is 11.0. The minimum atomic E-state index is -1.14. The summed E-state index contributed by atoms with van der Waals surface area (Å²) in [6.45, 7) is 2.68. The van der Waals surface area contributed by atoms with E-state index in [-0.39, 0.29) is 0 Å². The SMILES string of the molecule is CCCCOc1ccc([C@H](CC(=O)O)C(=O)O)cc1. The fourth-order valence-electron chi connectivity index (χ4n) is 1.65. The predicted octanol–water partition coefficient (Wildman–Crippen LogP) is 2.51. The zero-order valence-corrected chi connectivity index (χ0v) is 10.8. The van der Waals surface area contributed by atoms with Gasteiger partial charge in [0.1, 0.15) is 5.75 Å². The quantitative estimate of drug-likeness (QED) is 0.706. The van der Waals surface area contributed by atoms with E-state index in [0.29, 0.717) is 17.9 Å². The van der Waals surface area contributed by atoms with Crippen LogP contribution in [0.5, 0.6) is 5.75 Å². The first kappa shape index (κ1) is 15.0. The highest BCUT2D eigenvalue weighted by Gasteiger charge is 2.22. The Morgan fingerprint density at radius 2 is 1.84 bits per heavy atom. The molecule has 0 aliphatic rings. The number of hydrogen-bond acceptors (Lipinski definition) is 3. The highest BCUT2D eigenvalue weighted by molar-refractivity contribution is 5.82. The Balaban J connectivity index is 2.72. The first-order valence-electron chi connectivity index (χ1n) is 6.22. The van der Waals surface area contributed by atoms with E-state index < -0.39 is 24.3 Å². The molecule has 0 heterocycles. The van der Waals surface area contributed by atoms with Gasteiger partial charge in [0.05, 0.1) is 18.9 Å². The van der Waals surface area contributed by atoms with Gasteiger partial charge in [-0.2, -0.15) is 0 Å². The van der Waals surface area contributed by atoms with Crippen LogP contribution in [0.3, 0.4) is 0 Å². The average Bonchev–Trinajstić information content (AvgIpc) is 2.37. The molecule has 0 saturated heterocycles. The maximum Gasteiger partial charge on any atom is 0.311 e. The molecule has 2 N–H and O–H groups in total. The molecule has 19 heavy (non-hydrogen) atoms. The van der Waals surface area contributed by atoms with Crippen molar-refractivity contribution in [3.63, 3.8) is 0 Å². The topological polar surface area (TPSA) is 83.8 Å². The standard InChI is InChI=1S/C14H18O5/c1-2-3-8-19-11-6-4-10(5-7-11)12(14(17)18)9-13(15)16/h4-7,12H,2-3,8-9H2,1H3,(H,15,16)(H,17,18)/t12-/m0/s1. The van der Waals surface area contributed by atoms with Gasteiger partial charge in [0, 0.05) is 0 Å². The third-order valence-corrected chi connectivity index (χ3v) is 2.73. The fraction of sp³-hybridized carbons (Fsp3) is 0.429. The third kappa shape index (κ3) is 4.99. The van der Waals surface area contributed by atoms with Crippen molar-refractivity contribution in [2.75, 3.05) is 6.61 Å². The van der Waals surface area contributed by atoms with E-state index in [4.69, 9.17) is 14.9 Å². The molecule has 0 amide bonds. The van der Waals surface area contributed by atoms with Gasteiger partial charge in [-0.3, -0.25) is 9.59 Å². The summed E-state index contributed by atoms with van der Waals surface area (Å²) in [6, 6.07) is 6.54. The number of rotatable bonds is 8. The van der Waals surface area contributed by atoms with E-state index >= 15 is 0 Å². The van der Waals surface area contributed by atoms with E-state index in [1.54, 1.807) is 24.3 Å². The summed E-state index contributed by atoms with van der Waals surface area (Å²) < 4.78 is 5.46. The smallest absolute Gasteiger partial charge is 0.311 e. The molecule has 1 aromatic rings. The lowest BCUT2D eigenvalue weighted by molar-refractivity contribution is -0.145. The number of carboxylic acid groups (broad SMARTS) is 2. The first-order valence-corrected chi connectivity index (χ1v) is 6.22. The van der Waals surface area contributed by atoms with E-state index in [9.17, 15) is 9.59 Å². The molecule has 104 valence electrons. The van der Waals surface area contributed by atoms with Gasteiger partial charge >= 0.3 is 11.9 Å². The number of ether oxygens (including phenoxy) is 1. The molecule has 0 aliphatic carbocycles. The van der Waals surface area contributed by atoms with Gasteiger partial charge < -0.3 is 14.9 Å². The largest absolute Gasteiger partial charge is 0.494 e. The Labute approximate surface area is 111 Å². The zero-order valence-electron chi connectivity index (χ0n) is 10.8. The van der Waals surface area contributed by atoms with Gasteiger partial charge in [-0.15, -0.1) is 0 Å². The van der Waals surface area contributed by atoms with Gasteiger partial charge in [-0.1, -0.05) is 25.5 Å². The molecule has 0 aromatic heterocycles. The molecule has 0 aliphatic heterocycles. The molecule has 5 nitrogen and oxygen atoms in total. The highest BCUT2D eigenvalue weighted by atomic mass is 16.5. The van der Waals surface area contributed by atoms with Gasteiger partial charge in [0.2, 0.25) is 0 Å². The van der Waals surface area contributed by atoms with Gasteiger partial charge in [0.25, 0.3) is 0 Å². The van der Waals surface area contributed by atoms with E-state index in [0.717, 1.165) is 12.8 Å². The monoisotopic (exact) mass is 266 g/mol. The van der Waals surface area contributed by atoms with Crippen molar-refractivity contribution >= 4 is 11.9 Å². The fourth-order valence-corrected chi connectivity index (χ4v) is 1.65. The molecule has 0 saturated carbocycles. The number of carbonyl (C=O) groups is 2. The summed E-state index contributed by atoms with van der Waals surface area (Å²) in [5, 5.41) is 17.7. The van der Waals surface area contributed by atoms with Crippen molar-refractivity contribution < 1.29 is 24.5 Å². The van der Waals surface area contributed by atoms with Crippen LogP contribution in [0.1, 0.15) is 37.7 Å². The molecule has 1 aromatic carbocycles. The number of benzene rings is 1. The third-order valence-electron chi connectivity index (χ3n) is 2.73. The Morgan fingerprint density at radius 1 is 1.21 bits per heavy atom. The maximum atomic E-state index is 11.0. The van der Waals surface area contributed by atoms with Crippen molar-refractivity contribution in [1.29, 1.82) is 0 Å². The van der Waals surface area contributed by atoms with Crippen LogP contribution < -0.4 is 4.74 Å². The summed E-state index contributed by atoms with van der Waals surface area (Å²) in [4.78, 5) is 21.7. The number of carboxylic acids is 2. The van der Waals surface area contributed by atoms with Crippen LogP contribution in [0.25, 0.3) is 0 Å². The van der Waals surface area contributed by atoms with Crippen LogP contribution in [-0.4, -0.2) is 28.8 Å². The minimum absolute atomic E-state index is 0.425. The van der Waals surface area contributed by atoms with Crippen molar-refractivity contribution in [2.45, 2.75) is 32.1 Å². The van der Waals surface area contributed by atoms with Crippen molar-refractivity contribution in [3.8, 4) is 5.75 Å². The molecule has 5 heteroatoms. The molecule has 0 spiro atoms. The average molecular weight is 266 g/mol. The number of aliphatic carboxylic acids is 2. The van der Waals surface area contributed by atoms with E-state index in [2.05, 4.69) is 6.92 Å². The normalized spacial score (nSPS) is 11.8. The number of unbranched alkanes of at least 4 members (excludes halogenated alkanes) is 1. The van der Waals surface area contributed by atoms with Crippen LogP contribution >= 0.6 is 0 Å². The Morgan fingerprint density at radius 3 is 2.32 bits per heavy atom. The molecule has 1 atom stereocenters. The summed E-state index contributed by atoms with van der Waals surface area (Å²) in [5.41, 5.74) is 0.470. The lowest BCUT2D eigenvalue weighted by atomic mass is 9.96. The zero-order chi connectivity index (χ0) is 14.3. The van der Waals surface area contributed by atoms with E-state index in [1.165, 1.54) is 0 Å². The second kappa shape index (κ2) is 7.41. The van der Waals surface area contributed by atoms with Crippen LogP contribution in [0.4, 0.5) is 0 Å². The minimum Gasteiger partial charge on any atom is -0.494 e. The van der Waals surface area contributed by atoms with Gasteiger partial charge in [-0.05, 0) is 24.1 Å². The second-order valence-corrected chi connectivity index (χ2v) is 4.26. The molecule has 1 rings (SSSR count). The molecular weight excluding hydrogens is 248 g/mol. The van der Waals surface area contributed by atoms with Crippen LogP contribution in [0.2, 0.25) is 0 Å². The second-order valence-electron chi connectivity index (χ2n) is 4.26. The van der Waals surface area contributed by atoms with Crippen LogP contribution in [0.15, 0.2) is 24.3 Å². The van der Waals surface area contributed by atoms with Crippen LogP contribution in [0, 0.1) is 0 Å². The molecule has 0 radical (unpaired) electrons. The first-order chi connectivity index (χ1) is 9.04. The predicted molar refractivity (Wildman–Crippen MR) is 69.5 cm³/mol. The van der Waals surface area contributed by atoms with Crippen molar-refractivity contribution in [1.82, 2.24) is 0 Å². The Hall–Kier alpha value is -2.04. The Bertz CT molecular complexity index is 424. The lowest BCUT2D eigenvalue weighted by Gasteiger charge is -2.11. The van der Waals surface area contributed by atoms with Crippen molar-refractivity contribution in [3.05, 3.63) is 29.8 Å². The summed E-state index contributed by atoms with van der Waals surface area (Å²) in [7, 11) is 0. The van der Waals surface area contributed by atoms with Gasteiger partial charge in [0.15, 0.2) is 0 Å². The number of hydrogen-bond donors (Lipinski definition) is 2. The molecule has 0 bridgehead atoms. The van der Waals surface area contributed by atoms with Crippen LogP contribution in [-0.2, 0) is 9.59 Å². The van der Waals surface area contributed by atoms with Gasteiger partial charge in [-0.25, -0.2) is 0 Å². The van der Waals surface area contributed by atoms with Crippen molar-refractivity contribution in [2.24, 2.45) is 0 Å². The summed E-state index contributed by atoms with van der Waals surface area (Å²) in [5.74, 6) is -2.63. The highest BCUT2D eigenvalue weighted by Crippen LogP contribution is 2.23. The molecular formula is C14H18O5. The summed E-state index contributed by atoms with van der Waals surface area (Å²) >= 11 is 0. The molecule has 0 unspecified atom stereocenters.